The summed E-state index contributed by atoms with van der Waals surface area (Å²) in [5.41, 5.74) is 1.50. The van der Waals surface area contributed by atoms with Gasteiger partial charge in [0.1, 0.15) is 5.75 Å². The first-order valence-electron chi connectivity index (χ1n) is 7.20. The highest BCUT2D eigenvalue weighted by molar-refractivity contribution is 5.94. The molecule has 0 spiro atoms. The average Bonchev–Trinajstić information content (AvgIpc) is 3.12. The molecule has 0 radical (unpaired) electrons. The van der Waals surface area contributed by atoms with Crippen molar-refractivity contribution in [1.29, 1.82) is 0 Å². The first-order valence-corrected chi connectivity index (χ1v) is 7.20. The van der Waals surface area contributed by atoms with E-state index in [-0.39, 0.29) is 11.9 Å². The van der Waals surface area contributed by atoms with Crippen molar-refractivity contribution in [3.8, 4) is 5.75 Å². The Morgan fingerprint density at radius 3 is 2.95 bits per heavy atom. The Morgan fingerprint density at radius 2 is 2.27 bits per heavy atom. The second-order valence-electron chi connectivity index (χ2n) is 5.54. The van der Waals surface area contributed by atoms with E-state index < -0.39 is 6.10 Å². The minimum Gasteiger partial charge on any atom is -0.497 e. The second-order valence-corrected chi connectivity index (χ2v) is 5.54. The molecular weight excluding hydrogens is 282 g/mol. The summed E-state index contributed by atoms with van der Waals surface area (Å²) in [7, 11) is 3.39. The Bertz CT molecular complexity index is 683. The molecule has 1 aromatic heterocycles. The molecule has 2 atom stereocenters. The van der Waals surface area contributed by atoms with E-state index in [4.69, 9.17) is 4.74 Å². The SMILES string of the molecule is COc1cccc([C@H]2C[C@@H](O)CN2C(=O)c2cnn(C)c2)c1. The first kappa shape index (κ1) is 14.6. The number of aryl methyl sites for hydroxylation is 1. The fourth-order valence-corrected chi connectivity index (χ4v) is 2.90. The van der Waals surface area contributed by atoms with E-state index in [1.54, 1.807) is 36.1 Å². The first-order chi connectivity index (χ1) is 10.6. The summed E-state index contributed by atoms with van der Waals surface area (Å²) in [5.74, 6) is 0.630. The second kappa shape index (κ2) is 5.81. The molecule has 0 saturated carbocycles. The molecule has 0 unspecified atom stereocenters. The van der Waals surface area contributed by atoms with E-state index in [0.29, 0.717) is 18.5 Å². The lowest BCUT2D eigenvalue weighted by Gasteiger charge is -2.24. The summed E-state index contributed by atoms with van der Waals surface area (Å²) in [4.78, 5) is 14.4. The number of hydrogen-bond acceptors (Lipinski definition) is 4. The van der Waals surface area contributed by atoms with Crippen molar-refractivity contribution < 1.29 is 14.6 Å². The van der Waals surface area contributed by atoms with Crippen LogP contribution >= 0.6 is 0 Å². The Kier molecular flexibility index (Phi) is 3.85. The molecule has 2 aromatic rings. The molecular formula is C16H19N3O3. The predicted octanol–water partition coefficient (Wildman–Crippen LogP) is 1.38. The van der Waals surface area contributed by atoms with Crippen molar-refractivity contribution in [3.05, 3.63) is 47.8 Å². The topological polar surface area (TPSA) is 67.6 Å². The van der Waals surface area contributed by atoms with Crippen LogP contribution in [0.1, 0.15) is 28.4 Å². The van der Waals surface area contributed by atoms with Crippen LogP contribution in [0.4, 0.5) is 0 Å². The van der Waals surface area contributed by atoms with E-state index in [1.165, 1.54) is 0 Å². The van der Waals surface area contributed by atoms with Crippen molar-refractivity contribution in [2.75, 3.05) is 13.7 Å². The Hall–Kier alpha value is -2.34. The third-order valence-electron chi connectivity index (χ3n) is 3.97. The van der Waals surface area contributed by atoms with Gasteiger partial charge in [0.05, 0.1) is 31.0 Å². The van der Waals surface area contributed by atoms with Crippen molar-refractivity contribution >= 4 is 5.91 Å². The Labute approximate surface area is 128 Å². The van der Waals surface area contributed by atoms with Gasteiger partial charge < -0.3 is 14.7 Å². The van der Waals surface area contributed by atoms with Gasteiger partial charge in [-0.15, -0.1) is 0 Å². The van der Waals surface area contributed by atoms with Crippen molar-refractivity contribution in [2.45, 2.75) is 18.6 Å². The fourth-order valence-electron chi connectivity index (χ4n) is 2.90. The van der Waals surface area contributed by atoms with Gasteiger partial charge in [0.15, 0.2) is 0 Å². The molecule has 1 aliphatic rings. The maximum Gasteiger partial charge on any atom is 0.257 e. The quantitative estimate of drug-likeness (QED) is 0.930. The Morgan fingerprint density at radius 1 is 1.45 bits per heavy atom. The third-order valence-corrected chi connectivity index (χ3v) is 3.97. The molecule has 1 amide bonds. The molecule has 1 aliphatic heterocycles. The molecule has 2 heterocycles. The summed E-state index contributed by atoms with van der Waals surface area (Å²) in [6.07, 6.45) is 3.25. The highest BCUT2D eigenvalue weighted by Gasteiger charge is 2.36. The van der Waals surface area contributed by atoms with Gasteiger partial charge in [-0.3, -0.25) is 9.48 Å². The monoisotopic (exact) mass is 301 g/mol. The summed E-state index contributed by atoms with van der Waals surface area (Å²) in [6, 6.07) is 7.46. The summed E-state index contributed by atoms with van der Waals surface area (Å²) >= 11 is 0. The normalized spacial score (nSPS) is 21.1. The summed E-state index contributed by atoms with van der Waals surface area (Å²) < 4.78 is 6.84. The molecule has 6 heteroatoms. The lowest BCUT2D eigenvalue weighted by Crippen LogP contribution is -2.31. The van der Waals surface area contributed by atoms with Gasteiger partial charge in [-0.05, 0) is 24.1 Å². The van der Waals surface area contributed by atoms with Crippen LogP contribution in [0, 0.1) is 0 Å². The van der Waals surface area contributed by atoms with Crippen LogP contribution in [0.5, 0.6) is 5.75 Å². The molecule has 1 N–H and O–H groups in total. The highest BCUT2D eigenvalue weighted by Crippen LogP contribution is 2.34. The number of hydrogen-bond donors (Lipinski definition) is 1. The minimum atomic E-state index is -0.517. The van der Waals surface area contributed by atoms with Crippen LogP contribution in [0.25, 0.3) is 0 Å². The largest absolute Gasteiger partial charge is 0.497 e. The number of β-amino-alcohol motifs (C(OH)–C–C–N with tert-alkyl or cyclic N) is 1. The third kappa shape index (κ3) is 2.69. The van der Waals surface area contributed by atoms with Crippen LogP contribution in [0.15, 0.2) is 36.7 Å². The number of carbonyl (C=O) groups is 1. The number of carbonyl (C=O) groups excluding carboxylic acids is 1. The summed E-state index contributed by atoms with van der Waals surface area (Å²) in [5, 5.41) is 14.1. The van der Waals surface area contributed by atoms with Crippen molar-refractivity contribution in [3.63, 3.8) is 0 Å². The van der Waals surface area contributed by atoms with Crippen molar-refractivity contribution in [1.82, 2.24) is 14.7 Å². The van der Waals surface area contributed by atoms with Gasteiger partial charge in [-0.25, -0.2) is 0 Å². The standard InChI is InChI=1S/C16H19N3O3/c1-18-9-12(8-17-18)16(21)19-10-13(20)7-15(19)11-4-3-5-14(6-11)22-2/h3-6,8-9,13,15,20H,7,10H2,1-2H3/t13-,15-/m1/s1. The van der Waals surface area contributed by atoms with Crippen LogP contribution in [0.3, 0.4) is 0 Å². The molecule has 1 aromatic carbocycles. The molecule has 6 nitrogen and oxygen atoms in total. The van der Waals surface area contributed by atoms with Gasteiger partial charge in [0.2, 0.25) is 0 Å². The smallest absolute Gasteiger partial charge is 0.257 e. The number of nitrogens with zero attached hydrogens (tertiary/aromatic N) is 3. The van der Waals surface area contributed by atoms with Crippen LogP contribution < -0.4 is 4.74 Å². The number of ether oxygens (including phenoxy) is 1. The number of likely N-dealkylation sites (tertiary alicyclic amines) is 1. The maximum atomic E-state index is 12.7. The zero-order chi connectivity index (χ0) is 15.7. The molecule has 116 valence electrons. The lowest BCUT2D eigenvalue weighted by atomic mass is 10.0. The molecule has 0 bridgehead atoms. The van der Waals surface area contributed by atoms with Crippen LogP contribution in [-0.2, 0) is 7.05 Å². The molecule has 22 heavy (non-hydrogen) atoms. The molecule has 0 aliphatic carbocycles. The maximum absolute atomic E-state index is 12.7. The van der Waals surface area contributed by atoms with Crippen LogP contribution in [0.2, 0.25) is 0 Å². The number of amides is 1. The summed E-state index contributed by atoms with van der Waals surface area (Å²) in [6.45, 7) is 0.329. The number of aromatic nitrogens is 2. The van der Waals surface area contributed by atoms with E-state index in [0.717, 1.165) is 11.3 Å². The number of benzene rings is 1. The van der Waals surface area contributed by atoms with Gasteiger partial charge in [0.25, 0.3) is 5.91 Å². The van der Waals surface area contributed by atoms with E-state index in [9.17, 15) is 9.90 Å². The fraction of sp³-hybridized carbons (Fsp3) is 0.375. The predicted molar refractivity (Wildman–Crippen MR) is 80.6 cm³/mol. The van der Waals surface area contributed by atoms with Crippen LogP contribution in [-0.4, -0.2) is 45.5 Å². The van der Waals surface area contributed by atoms with E-state index in [1.807, 2.05) is 24.3 Å². The number of methoxy groups -OCH3 is 1. The number of rotatable bonds is 3. The van der Waals surface area contributed by atoms with Gasteiger partial charge in [0, 0.05) is 19.8 Å². The minimum absolute atomic E-state index is 0.113. The zero-order valence-corrected chi connectivity index (χ0v) is 12.6. The van der Waals surface area contributed by atoms with Gasteiger partial charge in [-0.2, -0.15) is 5.10 Å². The molecule has 1 fully saturated rings. The van der Waals surface area contributed by atoms with E-state index >= 15 is 0 Å². The van der Waals surface area contributed by atoms with E-state index in [2.05, 4.69) is 5.10 Å². The lowest BCUT2D eigenvalue weighted by molar-refractivity contribution is 0.0715. The highest BCUT2D eigenvalue weighted by atomic mass is 16.5. The zero-order valence-electron chi connectivity index (χ0n) is 12.6. The average molecular weight is 301 g/mol. The van der Waals surface area contributed by atoms with Gasteiger partial charge in [-0.1, -0.05) is 12.1 Å². The Balaban J connectivity index is 1.90. The number of aliphatic hydroxyl groups excluding tert-OH is 1. The molecule has 1 saturated heterocycles. The van der Waals surface area contributed by atoms with Gasteiger partial charge >= 0.3 is 0 Å². The number of aliphatic hydroxyl groups is 1. The van der Waals surface area contributed by atoms with Crippen molar-refractivity contribution in [2.24, 2.45) is 7.05 Å². The molecule has 3 rings (SSSR count).